The van der Waals surface area contributed by atoms with Gasteiger partial charge in [-0.25, -0.2) is 19.2 Å². The van der Waals surface area contributed by atoms with Crippen molar-refractivity contribution in [3.63, 3.8) is 0 Å². The lowest BCUT2D eigenvalue weighted by atomic mass is 10.2. The van der Waals surface area contributed by atoms with Gasteiger partial charge in [0.05, 0.1) is 18.3 Å². The Balaban J connectivity index is 0.000000370. The van der Waals surface area contributed by atoms with Crippen molar-refractivity contribution < 1.29 is 19.0 Å². The zero-order chi connectivity index (χ0) is 18.9. The minimum Gasteiger partial charge on any atom is -0.444 e. The highest BCUT2D eigenvalue weighted by Gasteiger charge is 2.21. The minimum atomic E-state index is -0.680. The highest BCUT2D eigenvalue weighted by molar-refractivity contribution is 6.29. The second-order valence-corrected chi connectivity index (χ2v) is 6.33. The van der Waals surface area contributed by atoms with Gasteiger partial charge in [-0.1, -0.05) is 29.8 Å². The molecular weight excluding hydrogens is 349 g/mol. The quantitative estimate of drug-likeness (QED) is 0.809. The van der Waals surface area contributed by atoms with Gasteiger partial charge in [-0.3, -0.25) is 0 Å². The van der Waals surface area contributed by atoms with E-state index in [0.717, 1.165) is 0 Å². The molecule has 0 saturated carbocycles. The summed E-state index contributed by atoms with van der Waals surface area (Å²) in [4.78, 5) is 19.2. The third kappa shape index (κ3) is 8.97. The van der Waals surface area contributed by atoms with Crippen LogP contribution in [0.5, 0.6) is 0 Å². The van der Waals surface area contributed by atoms with E-state index in [1.807, 2.05) is 0 Å². The van der Waals surface area contributed by atoms with E-state index >= 15 is 0 Å². The topological polar surface area (TPSA) is 84.3 Å². The molecule has 1 atom stereocenters. The van der Waals surface area contributed by atoms with Gasteiger partial charge in [0.15, 0.2) is 0 Å². The summed E-state index contributed by atoms with van der Waals surface area (Å²) >= 11 is 5.71. The summed E-state index contributed by atoms with van der Waals surface area (Å²) in [6, 6.07) is 8.73. The fourth-order valence-corrected chi connectivity index (χ4v) is 1.77. The van der Waals surface area contributed by atoms with E-state index < -0.39 is 17.7 Å². The molecule has 6 nitrogen and oxygen atoms in total. The van der Waals surface area contributed by atoms with Crippen molar-refractivity contribution >= 4 is 17.7 Å². The summed E-state index contributed by atoms with van der Waals surface area (Å²) in [5.74, 6) is -0.178. The predicted molar refractivity (Wildman–Crippen MR) is 92.6 cm³/mol. The molecule has 2 N–H and O–H groups in total. The van der Waals surface area contributed by atoms with Crippen molar-refractivity contribution in [3.8, 4) is 0 Å². The van der Waals surface area contributed by atoms with Crippen molar-refractivity contribution in [1.29, 1.82) is 0 Å². The van der Waals surface area contributed by atoms with Crippen LogP contribution in [0.2, 0.25) is 5.15 Å². The van der Waals surface area contributed by atoms with Crippen LogP contribution in [0, 0.1) is 5.82 Å². The zero-order valence-electron chi connectivity index (χ0n) is 14.2. The number of carbonyl (C=O) groups excluding carboxylic acids is 1. The Hall–Kier alpha value is -2.25. The summed E-state index contributed by atoms with van der Waals surface area (Å²) < 4.78 is 17.0. The highest BCUT2D eigenvalue weighted by atomic mass is 35.5. The Labute approximate surface area is 151 Å². The SMILES string of the molecule is CC(C)(C)OC(=O)NC(CO)c1cc(Cl)ncn1.Fc1ccccc1. The second-order valence-electron chi connectivity index (χ2n) is 5.94. The van der Waals surface area contributed by atoms with E-state index in [2.05, 4.69) is 15.3 Å². The molecule has 1 aromatic heterocycles. The Morgan fingerprint density at radius 1 is 1.32 bits per heavy atom. The lowest BCUT2D eigenvalue weighted by molar-refractivity contribution is 0.0480. The fraction of sp³-hybridized carbons (Fsp3) is 0.353. The van der Waals surface area contributed by atoms with E-state index in [0.29, 0.717) is 5.69 Å². The van der Waals surface area contributed by atoms with E-state index in [4.69, 9.17) is 16.3 Å². The number of alkyl carbamates (subject to hydrolysis) is 1. The number of aromatic nitrogens is 2. The molecule has 0 bridgehead atoms. The molecule has 0 spiro atoms. The molecule has 25 heavy (non-hydrogen) atoms. The molecule has 0 aliphatic carbocycles. The average molecular weight is 370 g/mol. The van der Waals surface area contributed by atoms with E-state index in [-0.39, 0.29) is 17.6 Å². The first kappa shape index (κ1) is 20.8. The Morgan fingerprint density at radius 3 is 2.40 bits per heavy atom. The monoisotopic (exact) mass is 369 g/mol. The van der Waals surface area contributed by atoms with Gasteiger partial charge in [0, 0.05) is 0 Å². The number of carbonyl (C=O) groups is 1. The van der Waals surface area contributed by atoms with Gasteiger partial charge < -0.3 is 15.2 Å². The van der Waals surface area contributed by atoms with Crippen LogP contribution in [-0.4, -0.2) is 33.4 Å². The molecule has 2 aromatic rings. The van der Waals surface area contributed by atoms with Crippen LogP contribution in [0.15, 0.2) is 42.7 Å². The minimum absolute atomic E-state index is 0.178. The molecule has 136 valence electrons. The first-order chi connectivity index (χ1) is 11.7. The molecule has 1 aromatic carbocycles. The average Bonchev–Trinajstić information content (AvgIpc) is 2.52. The number of rotatable bonds is 3. The van der Waals surface area contributed by atoms with Crippen LogP contribution in [0.1, 0.15) is 32.5 Å². The first-order valence-corrected chi connectivity index (χ1v) is 7.87. The number of nitrogens with one attached hydrogen (secondary N) is 1. The molecule has 0 saturated heterocycles. The van der Waals surface area contributed by atoms with Crippen LogP contribution in [-0.2, 0) is 4.74 Å². The van der Waals surface area contributed by atoms with Crippen molar-refractivity contribution in [2.24, 2.45) is 0 Å². The van der Waals surface area contributed by atoms with Gasteiger partial charge in [-0.15, -0.1) is 0 Å². The van der Waals surface area contributed by atoms with Crippen molar-refractivity contribution in [1.82, 2.24) is 15.3 Å². The number of ether oxygens (including phenoxy) is 1. The second kappa shape index (κ2) is 9.90. The van der Waals surface area contributed by atoms with Crippen LogP contribution < -0.4 is 5.32 Å². The van der Waals surface area contributed by atoms with Crippen LogP contribution in [0.25, 0.3) is 0 Å². The first-order valence-electron chi connectivity index (χ1n) is 7.49. The van der Waals surface area contributed by atoms with Crippen molar-refractivity contribution in [3.05, 3.63) is 59.4 Å². The largest absolute Gasteiger partial charge is 0.444 e. The molecule has 1 unspecified atom stereocenters. The number of halogens is 2. The summed E-state index contributed by atoms with van der Waals surface area (Å²) in [5, 5.41) is 12.0. The van der Waals surface area contributed by atoms with Gasteiger partial charge in [-0.05, 0) is 39.0 Å². The number of nitrogens with zero attached hydrogens (tertiary/aromatic N) is 2. The molecule has 0 aliphatic heterocycles. The maximum absolute atomic E-state index is 11.9. The van der Waals surface area contributed by atoms with Gasteiger partial charge in [0.1, 0.15) is 22.9 Å². The molecule has 0 fully saturated rings. The van der Waals surface area contributed by atoms with E-state index in [1.165, 1.54) is 24.5 Å². The predicted octanol–water partition coefficient (Wildman–Crippen LogP) is 3.51. The van der Waals surface area contributed by atoms with Gasteiger partial charge in [0.2, 0.25) is 0 Å². The summed E-state index contributed by atoms with van der Waals surface area (Å²) in [6.45, 7) is 4.94. The van der Waals surface area contributed by atoms with Crippen molar-refractivity contribution in [2.75, 3.05) is 6.61 Å². The Bertz CT molecular complexity index is 666. The fourth-order valence-electron chi connectivity index (χ4n) is 1.62. The number of hydrogen-bond donors (Lipinski definition) is 2. The van der Waals surface area contributed by atoms with Crippen LogP contribution >= 0.6 is 11.6 Å². The highest BCUT2D eigenvalue weighted by Crippen LogP contribution is 2.14. The molecule has 2 rings (SSSR count). The number of benzene rings is 1. The third-order valence-corrected chi connectivity index (χ3v) is 2.83. The van der Waals surface area contributed by atoms with Gasteiger partial charge >= 0.3 is 6.09 Å². The molecule has 0 radical (unpaired) electrons. The Kier molecular flexibility index (Phi) is 8.24. The molecular formula is C17H21ClFN3O3. The maximum atomic E-state index is 11.9. The van der Waals surface area contributed by atoms with Gasteiger partial charge in [0.25, 0.3) is 0 Å². The lowest BCUT2D eigenvalue weighted by Crippen LogP contribution is -2.36. The smallest absolute Gasteiger partial charge is 0.408 e. The lowest BCUT2D eigenvalue weighted by Gasteiger charge is -2.22. The van der Waals surface area contributed by atoms with E-state index in [1.54, 1.807) is 39.0 Å². The standard InChI is InChI=1S/C11H16ClN3O3.C6H5F/c1-11(2,3)18-10(17)15-8(5-16)7-4-9(12)14-6-13-7;7-6-4-2-1-3-5-6/h4,6,8,16H,5H2,1-3H3,(H,15,17);1-5H. The van der Waals surface area contributed by atoms with Crippen molar-refractivity contribution in [2.45, 2.75) is 32.4 Å². The summed E-state index contributed by atoms with van der Waals surface area (Å²) in [7, 11) is 0. The zero-order valence-corrected chi connectivity index (χ0v) is 15.0. The normalized spacial score (nSPS) is 11.8. The summed E-state index contributed by atoms with van der Waals surface area (Å²) in [6.07, 6.45) is 0.633. The number of amides is 1. The van der Waals surface area contributed by atoms with E-state index in [9.17, 15) is 14.3 Å². The number of hydrogen-bond acceptors (Lipinski definition) is 5. The van der Waals surface area contributed by atoms with Crippen LogP contribution in [0.4, 0.5) is 9.18 Å². The molecule has 8 heteroatoms. The number of aliphatic hydroxyl groups is 1. The number of aliphatic hydroxyl groups excluding tert-OH is 1. The maximum Gasteiger partial charge on any atom is 0.408 e. The molecule has 0 aliphatic rings. The van der Waals surface area contributed by atoms with Crippen LogP contribution in [0.3, 0.4) is 0 Å². The molecule has 1 heterocycles. The Morgan fingerprint density at radius 2 is 1.96 bits per heavy atom. The summed E-state index contributed by atoms with van der Waals surface area (Å²) in [5.41, 5.74) is -0.184. The van der Waals surface area contributed by atoms with Gasteiger partial charge in [-0.2, -0.15) is 0 Å². The molecule has 1 amide bonds. The third-order valence-electron chi connectivity index (χ3n) is 2.62.